The van der Waals surface area contributed by atoms with E-state index in [1.165, 1.54) is 52.1 Å². The fraction of sp³-hybridized carbons (Fsp3) is 0.929. The standard InChI is InChI=1S/C14H26O2/c1-3-4-5-7-10-14(13(15)16-2)11-8-6-9-12-14/h3-12H2,1-2H3. The van der Waals surface area contributed by atoms with E-state index in [4.69, 9.17) is 4.74 Å². The molecule has 94 valence electrons. The first-order valence-electron chi connectivity index (χ1n) is 6.83. The van der Waals surface area contributed by atoms with E-state index >= 15 is 0 Å². The Labute approximate surface area is 99.8 Å². The molecular formula is C14H26O2. The summed E-state index contributed by atoms with van der Waals surface area (Å²) in [7, 11) is 1.53. The van der Waals surface area contributed by atoms with E-state index in [0.717, 1.165) is 19.3 Å². The van der Waals surface area contributed by atoms with E-state index in [1.54, 1.807) is 0 Å². The SMILES string of the molecule is CCCCCCC1(C(=O)OC)CCCCC1. The molecule has 0 aromatic carbocycles. The molecule has 0 atom stereocenters. The van der Waals surface area contributed by atoms with Crippen molar-refractivity contribution in [3.05, 3.63) is 0 Å². The molecule has 0 aromatic rings. The van der Waals surface area contributed by atoms with Crippen molar-refractivity contribution in [1.29, 1.82) is 0 Å². The summed E-state index contributed by atoms with van der Waals surface area (Å²) in [5, 5.41) is 0. The molecular weight excluding hydrogens is 200 g/mol. The van der Waals surface area contributed by atoms with Gasteiger partial charge in [-0.25, -0.2) is 0 Å². The average molecular weight is 226 g/mol. The van der Waals surface area contributed by atoms with E-state index in [1.807, 2.05) is 0 Å². The lowest BCUT2D eigenvalue weighted by atomic mass is 9.71. The summed E-state index contributed by atoms with van der Waals surface area (Å²) in [6.45, 7) is 2.22. The number of carbonyl (C=O) groups is 1. The van der Waals surface area contributed by atoms with Gasteiger partial charge in [0.1, 0.15) is 0 Å². The fourth-order valence-electron chi connectivity index (χ4n) is 2.89. The molecule has 1 saturated carbocycles. The van der Waals surface area contributed by atoms with Crippen molar-refractivity contribution >= 4 is 5.97 Å². The van der Waals surface area contributed by atoms with Crippen molar-refractivity contribution in [2.45, 2.75) is 71.1 Å². The summed E-state index contributed by atoms with van der Waals surface area (Å²) in [6, 6.07) is 0. The van der Waals surface area contributed by atoms with E-state index in [2.05, 4.69) is 6.92 Å². The minimum Gasteiger partial charge on any atom is -0.469 e. The van der Waals surface area contributed by atoms with Crippen LogP contribution in [-0.4, -0.2) is 13.1 Å². The maximum absolute atomic E-state index is 11.9. The number of rotatable bonds is 6. The third kappa shape index (κ3) is 3.50. The van der Waals surface area contributed by atoms with Gasteiger partial charge in [-0.2, -0.15) is 0 Å². The van der Waals surface area contributed by atoms with Crippen molar-refractivity contribution in [2.75, 3.05) is 7.11 Å². The highest BCUT2D eigenvalue weighted by Crippen LogP contribution is 2.41. The Morgan fingerprint density at radius 3 is 2.38 bits per heavy atom. The Kier molecular flexibility index (Phi) is 5.86. The van der Waals surface area contributed by atoms with Gasteiger partial charge in [0.05, 0.1) is 12.5 Å². The van der Waals surface area contributed by atoms with Crippen LogP contribution in [-0.2, 0) is 9.53 Å². The number of esters is 1. The van der Waals surface area contributed by atoms with Crippen molar-refractivity contribution in [3.63, 3.8) is 0 Å². The molecule has 0 aliphatic heterocycles. The van der Waals surface area contributed by atoms with Gasteiger partial charge in [0.2, 0.25) is 0 Å². The van der Waals surface area contributed by atoms with Crippen LogP contribution in [0.15, 0.2) is 0 Å². The van der Waals surface area contributed by atoms with E-state index in [9.17, 15) is 4.79 Å². The van der Waals surface area contributed by atoms with Crippen molar-refractivity contribution < 1.29 is 9.53 Å². The van der Waals surface area contributed by atoms with Crippen LogP contribution in [0.1, 0.15) is 71.1 Å². The highest BCUT2D eigenvalue weighted by Gasteiger charge is 2.39. The first-order valence-corrected chi connectivity index (χ1v) is 6.83. The summed E-state index contributed by atoms with van der Waals surface area (Å²) in [5.41, 5.74) is -0.124. The van der Waals surface area contributed by atoms with Crippen LogP contribution >= 0.6 is 0 Å². The minimum absolute atomic E-state index is 0.0451. The molecule has 2 heteroatoms. The Hall–Kier alpha value is -0.530. The van der Waals surface area contributed by atoms with Crippen LogP contribution in [0.25, 0.3) is 0 Å². The van der Waals surface area contributed by atoms with Gasteiger partial charge in [0.25, 0.3) is 0 Å². The van der Waals surface area contributed by atoms with Crippen LogP contribution in [0.3, 0.4) is 0 Å². The second kappa shape index (κ2) is 6.93. The lowest BCUT2D eigenvalue weighted by Gasteiger charge is -2.34. The summed E-state index contributed by atoms with van der Waals surface area (Å²) in [6.07, 6.45) is 11.8. The number of unbranched alkanes of at least 4 members (excludes halogenated alkanes) is 3. The lowest BCUT2D eigenvalue weighted by molar-refractivity contribution is -0.155. The van der Waals surface area contributed by atoms with Gasteiger partial charge in [-0.05, 0) is 19.3 Å². The monoisotopic (exact) mass is 226 g/mol. The molecule has 1 aliphatic carbocycles. The molecule has 0 aromatic heterocycles. The average Bonchev–Trinajstić information content (AvgIpc) is 2.35. The van der Waals surface area contributed by atoms with Crippen molar-refractivity contribution in [1.82, 2.24) is 0 Å². The quantitative estimate of drug-likeness (QED) is 0.504. The van der Waals surface area contributed by atoms with E-state index in [0.29, 0.717) is 0 Å². The number of hydrogen-bond acceptors (Lipinski definition) is 2. The molecule has 0 heterocycles. The zero-order valence-electron chi connectivity index (χ0n) is 10.9. The number of hydrogen-bond donors (Lipinski definition) is 0. The molecule has 1 rings (SSSR count). The predicted molar refractivity (Wildman–Crippen MR) is 66.3 cm³/mol. The van der Waals surface area contributed by atoms with E-state index in [-0.39, 0.29) is 11.4 Å². The number of carbonyl (C=O) groups excluding carboxylic acids is 1. The molecule has 0 N–H and O–H groups in total. The summed E-state index contributed by atoms with van der Waals surface area (Å²) in [4.78, 5) is 11.9. The van der Waals surface area contributed by atoms with Gasteiger partial charge in [0.15, 0.2) is 0 Å². The molecule has 0 amide bonds. The molecule has 0 radical (unpaired) electrons. The van der Waals surface area contributed by atoms with Crippen LogP contribution in [0.2, 0.25) is 0 Å². The fourth-order valence-corrected chi connectivity index (χ4v) is 2.89. The van der Waals surface area contributed by atoms with Gasteiger partial charge in [-0.1, -0.05) is 51.9 Å². The van der Waals surface area contributed by atoms with Gasteiger partial charge in [-0.3, -0.25) is 4.79 Å². The normalized spacial score (nSPS) is 19.4. The predicted octanol–water partition coefficient (Wildman–Crippen LogP) is 4.08. The van der Waals surface area contributed by atoms with Gasteiger partial charge < -0.3 is 4.74 Å². The molecule has 2 nitrogen and oxygen atoms in total. The maximum atomic E-state index is 11.9. The highest BCUT2D eigenvalue weighted by molar-refractivity contribution is 5.76. The molecule has 1 fully saturated rings. The van der Waals surface area contributed by atoms with Crippen LogP contribution in [0, 0.1) is 5.41 Å². The van der Waals surface area contributed by atoms with Gasteiger partial charge in [-0.15, -0.1) is 0 Å². The van der Waals surface area contributed by atoms with E-state index < -0.39 is 0 Å². The van der Waals surface area contributed by atoms with Crippen LogP contribution < -0.4 is 0 Å². The summed E-state index contributed by atoms with van der Waals surface area (Å²) < 4.78 is 5.01. The van der Waals surface area contributed by atoms with Gasteiger partial charge in [0, 0.05) is 0 Å². The Morgan fingerprint density at radius 1 is 1.12 bits per heavy atom. The van der Waals surface area contributed by atoms with Crippen molar-refractivity contribution in [2.24, 2.45) is 5.41 Å². The molecule has 0 unspecified atom stereocenters. The molecule has 1 aliphatic rings. The minimum atomic E-state index is -0.124. The second-order valence-electron chi connectivity index (χ2n) is 5.14. The molecule has 0 bridgehead atoms. The third-order valence-corrected chi connectivity index (χ3v) is 3.94. The zero-order chi connectivity index (χ0) is 11.9. The number of ether oxygens (including phenoxy) is 1. The van der Waals surface area contributed by atoms with Crippen LogP contribution in [0.5, 0.6) is 0 Å². The second-order valence-corrected chi connectivity index (χ2v) is 5.14. The summed E-state index contributed by atoms with van der Waals surface area (Å²) >= 11 is 0. The molecule has 16 heavy (non-hydrogen) atoms. The van der Waals surface area contributed by atoms with Crippen molar-refractivity contribution in [3.8, 4) is 0 Å². The Bertz CT molecular complexity index is 205. The smallest absolute Gasteiger partial charge is 0.311 e. The van der Waals surface area contributed by atoms with Gasteiger partial charge >= 0.3 is 5.97 Å². The first kappa shape index (κ1) is 13.5. The zero-order valence-corrected chi connectivity index (χ0v) is 10.9. The first-order chi connectivity index (χ1) is 7.75. The largest absolute Gasteiger partial charge is 0.469 e. The highest BCUT2D eigenvalue weighted by atomic mass is 16.5. The number of methoxy groups -OCH3 is 1. The van der Waals surface area contributed by atoms with Crippen LogP contribution in [0.4, 0.5) is 0 Å². The maximum Gasteiger partial charge on any atom is 0.311 e. The molecule has 0 spiro atoms. The summed E-state index contributed by atoms with van der Waals surface area (Å²) in [5.74, 6) is 0.0451. The third-order valence-electron chi connectivity index (χ3n) is 3.94. The Balaban J connectivity index is 2.46. The topological polar surface area (TPSA) is 26.3 Å². The lowest BCUT2D eigenvalue weighted by Crippen LogP contribution is -2.34. The molecule has 0 saturated heterocycles. The Morgan fingerprint density at radius 2 is 1.81 bits per heavy atom.